The van der Waals surface area contributed by atoms with Gasteiger partial charge in [-0.05, 0) is 49.1 Å². The summed E-state index contributed by atoms with van der Waals surface area (Å²) in [6, 6.07) is 12.6. The molecular weight excluding hydrogens is 345 g/mol. The summed E-state index contributed by atoms with van der Waals surface area (Å²) >= 11 is 12.3. The molecule has 0 bridgehead atoms. The third-order valence-corrected chi connectivity index (χ3v) is 4.82. The zero-order valence-corrected chi connectivity index (χ0v) is 14.3. The summed E-state index contributed by atoms with van der Waals surface area (Å²) in [5, 5.41) is 8.99. The molecule has 1 amide bonds. The van der Waals surface area contributed by atoms with Crippen molar-refractivity contribution in [2.24, 2.45) is 5.92 Å². The highest BCUT2D eigenvalue weighted by Gasteiger charge is 2.23. The van der Waals surface area contributed by atoms with Gasteiger partial charge in [0.2, 0.25) is 0 Å². The van der Waals surface area contributed by atoms with Gasteiger partial charge in [-0.25, -0.2) is 0 Å². The zero-order chi connectivity index (χ0) is 16.7. The van der Waals surface area contributed by atoms with Gasteiger partial charge in [0.1, 0.15) is 0 Å². The number of hydrogen-bond donors (Lipinski definition) is 1. The number of benzene rings is 2. The number of nitrogens with one attached hydrogen (secondary N) is 1. The van der Waals surface area contributed by atoms with E-state index in [1.807, 2.05) is 22.9 Å². The minimum Gasteiger partial charge on any atom is -0.322 e. The second-order valence-corrected chi connectivity index (χ2v) is 6.85. The molecule has 1 fully saturated rings. The van der Waals surface area contributed by atoms with Crippen LogP contribution in [0, 0.1) is 5.92 Å². The molecule has 4 rings (SSSR count). The van der Waals surface area contributed by atoms with Crippen LogP contribution in [0.1, 0.15) is 23.2 Å². The van der Waals surface area contributed by atoms with Crippen LogP contribution in [-0.2, 0) is 6.54 Å². The van der Waals surface area contributed by atoms with E-state index in [1.165, 1.54) is 12.8 Å². The molecule has 122 valence electrons. The minimum atomic E-state index is -0.249. The first-order chi connectivity index (χ1) is 11.6. The Bertz CT molecular complexity index is 931. The normalized spacial score (nSPS) is 14.1. The molecule has 24 heavy (non-hydrogen) atoms. The van der Waals surface area contributed by atoms with Gasteiger partial charge in [0, 0.05) is 17.6 Å². The quantitative estimate of drug-likeness (QED) is 0.711. The number of hydrogen-bond acceptors (Lipinski definition) is 2. The molecule has 1 aliphatic rings. The number of nitrogens with zero attached hydrogens (tertiary/aromatic N) is 2. The number of aromatic nitrogens is 2. The van der Waals surface area contributed by atoms with E-state index in [-0.39, 0.29) is 5.91 Å². The number of fused-ring (bicyclic) bond motifs is 1. The van der Waals surface area contributed by atoms with Gasteiger partial charge in [-0.2, -0.15) is 5.10 Å². The van der Waals surface area contributed by atoms with Crippen LogP contribution >= 0.6 is 23.2 Å². The topological polar surface area (TPSA) is 46.9 Å². The van der Waals surface area contributed by atoms with Crippen LogP contribution in [0.2, 0.25) is 10.2 Å². The lowest BCUT2D eigenvalue weighted by Gasteiger charge is -2.07. The van der Waals surface area contributed by atoms with Crippen molar-refractivity contribution < 1.29 is 4.79 Å². The van der Waals surface area contributed by atoms with Crippen LogP contribution in [0.4, 0.5) is 5.69 Å². The predicted octanol–water partition coefficient (Wildman–Crippen LogP) is 5.01. The van der Waals surface area contributed by atoms with Crippen molar-refractivity contribution in [3.63, 3.8) is 0 Å². The molecule has 1 heterocycles. The molecule has 0 spiro atoms. The van der Waals surface area contributed by atoms with E-state index in [0.29, 0.717) is 27.3 Å². The number of anilines is 1. The number of amides is 1. The summed E-state index contributed by atoms with van der Waals surface area (Å²) in [4.78, 5) is 12.4. The van der Waals surface area contributed by atoms with Gasteiger partial charge >= 0.3 is 0 Å². The number of rotatable bonds is 4. The molecule has 1 aliphatic carbocycles. The highest BCUT2D eigenvalue weighted by atomic mass is 35.5. The van der Waals surface area contributed by atoms with Gasteiger partial charge in [-0.1, -0.05) is 35.3 Å². The predicted molar refractivity (Wildman–Crippen MR) is 96.9 cm³/mol. The molecule has 0 unspecified atom stereocenters. The first-order valence-electron chi connectivity index (χ1n) is 7.84. The SMILES string of the molecule is O=C(Nc1ccc2c(c1)c(Cl)nn2CC1CC1)c1ccccc1Cl. The van der Waals surface area contributed by atoms with Gasteiger partial charge in [-0.15, -0.1) is 0 Å². The van der Waals surface area contributed by atoms with Crippen LogP contribution in [0.3, 0.4) is 0 Å². The Labute approximate surface area is 149 Å². The van der Waals surface area contributed by atoms with Crippen LogP contribution in [-0.4, -0.2) is 15.7 Å². The van der Waals surface area contributed by atoms with E-state index in [2.05, 4.69) is 10.4 Å². The Hall–Kier alpha value is -2.04. The molecule has 3 aromatic rings. The Morgan fingerprint density at radius 3 is 2.75 bits per heavy atom. The lowest BCUT2D eigenvalue weighted by molar-refractivity contribution is 0.102. The highest BCUT2D eigenvalue weighted by molar-refractivity contribution is 6.35. The van der Waals surface area contributed by atoms with Crippen molar-refractivity contribution in [2.75, 3.05) is 5.32 Å². The zero-order valence-electron chi connectivity index (χ0n) is 12.8. The Balaban J connectivity index is 1.62. The van der Waals surface area contributed by atoms with Gasteiger partial charge in [0.15, 0.2) is 5.15 Å². The molecule has 0 radical (unpaired) electrons. The van der Waals surface area contributed by atoms with E-state index in [0.717, 1.165) is 17.4 Å². The fraction of sp³-hybridized carbons (Fsp3) is 0.222. The molecule has 4 nitrogen and oxygen atoms in total. The van der Waals surface area contributed by atoms with Crippen LogP contribution in [0.5, 0.6) is 0 Å². The average Bonchev–Trinajstić information content (AvgIpc) is 3.33. The van der Waals surface area contributed by atoms with Crippen molar-refractivity contribution in [2.45, 2.75) is 19.4 Å². The molecular formula is C18H15Cl2N3O. The standard InChI is InChI=1S/C18H15Cl2N3O/c19-15-4-2-1-3-13(15)18(24)21-12-7-8-16-14(9-12)17(20)22-23(16)10-11-5-6-11/h1-4,7-9,11H,5-6,10H2,(H,21,24). The molecule has 1 saturated carbocycles. The number of carbonyl (C=O) groups is 1. The van der Waals surface area contributed by atoms with E-state index in [9.17, 15) is 4.79 Å². The van der Waals surface area contributed by atoms with Crippen molar-refractivity contribution in [1.82, 2.24) is 9.78 Å². The van der Waals surface area contributed by atoms with E-state index in [1.54, 1.807) is 24.3 Å². The molecule has 2 aromatic carbocycles. The Morgan fingerprint density at radius 2 is 2.00 bits per heavy atom. The van der Waals surface area contributed by atoms with E-state index in [4.69, 9.17) is 23.2 Å². The van der Waals surface area contributed by atoms with Gasteiger partial charge < -0.3 is 5.32 Å². The maximum Gasteiger partial charge on any atom is 0.257 e. The third kappa shape index (κ3) is 2.99. The van der Waals surface area contributed by atoms with Crippen molar-refractivity contribution >= 4 is 45.7 Å². The molecule has 6 heteroatoms. The van der Waals surface area contributed by atoms with Gasteiger partial charge in [-0.3, -0.25) is 9.48 Å². The molecule has 0 atom stereocenters. The van der Waals surface area contributed by atoms with Crippen LogP contribution < -0.4 is 5.32 Å². The fourth-order valence-electron chi connectivity index (χ4n) is 2.75. The number of halogens is 2. The summed E-state index contributed by atoms with van der Waals surface area (Å²) in [7, 11) is 0. The number of carbonyl (C=O) groups excluding carboxylic acids is 1. The maximum atomic E-state index is 12.4. The second kappa shape index (κ2) is 6.11. The minimum absolute atomic E-state index is 0.249. The highest BCUT2D eigenvalue weighted by Crippen LogP contribution is 2.33. The van der Waals surface area contributed by atoms with E-state index >= 15 is 0 Å². The smallest absolute Gasteiger partial charge is 0.257 e. The maximum absolute atomic E-state index is 12.4. The first kappa shape index (κ1) is 15.5. The molecule has 1 aromatic heterocycles. The van der Waals surface area contributed by atoms with Crippen LogP contribution in [0.25, 0.3) is 10.9 Å². The molecule has 0 saturated heterocycles. The summed E-state index contributed by atoms with van der Waals surface area (Å²) in [6.07, 6.45) is 2.51. The Morgan fingerprint density at radius 1 is 1.21 bits per heavy atom. The monoisotopic (exact) mass is 359 g/mol. The fourth-order valence-corrected chi connectivity index (χ4v) is 3.21. The average molecular weight is 360 g/mol. The third-order valence-electron chi connectivity index (χ3n) is 4.21. The molecule has 0 aliphatic heterocycles. The lowest BCUT2D eigenvalue weighted by atomic mass is 10.2. The van der Waals surface area contributed by atoms with Gasteiger partial charge in [0.05, 0.1) is 16.1 Å². The second-order valence-electron chi connectivity index (χ2n) is 6.08. The summed E-state index contributed by atoms with van der Waals surface area (Å²) < 4.78 is 1.95. The largest absolute Gasteiger partial charge is 0.322 e. The van der Waals surface area contributed by atoms with Crippen molar-refractivity contribution in [1.29, 1.82) is 0 Å². The van der Waals surface area contributed by atoms with Crippen molar-refractivity contribution in [3.8, 4) is 0 Å². The Kier molecular flexibility index (Phi) is 3.94. The summed E-state index contributed by atoms with van der Waals surface area (Å²) in [5.41, 5.74) is 2.10. The van der Waals surface area contributed by atoms with Gasteiger partial charge in [0.25, 0.3) is 5.91 Å². The molecule has 1 N–H and O–H groups in total. The van der Waals surface area contributed by atoms with Crippen molar-refractivity contribution in [3.05, 3.63) is 58.2 Å². The lowest BCUT2D eigenvalue weighted by Crippen LogP contribution is -2.12. The first-order valence-corrected chi connectivity index (χ1v) is 8.59. The summed E-state index contributed by atoms with van der Waals surface area (Å²) in [6.45, 7) is 0.897. The van der Waals surface area contributed by atoms with Crippen LogP contribution in [0.15, 0.2) is 42.5 Å². The summed E-state index contributed by atoms with van der Waals surface area (Å²) in [5.74, 6) is 0.463. The van der Waals surface area contributed by atoms with E-state index < -0.39 is 0 Å².